The summed E-state index contributed by atoms with van der Waals surface area (Å²) in [5, 5.41) is 5.77. The van der Waals surface area contributed by atoms with Gasteiger partial charge in [-0.1, -0.05) is 6.92 Å². The molecule has 1 amide bonds. The number of rotatable bonds is 5. The van der Waals surface area contributed by atoms with Crippen LogP contribution in [-0.4, -0.2) is 17.4 Å². The molecule has 0 aromatic carbocycles. The molecule has 0 saturated heterocycles. The van der Waals surface area contributed by atoms with Gasteiger partial charge in [-0.2, -0.15) is 0 Å². The van der Waals surface area contributed by atoms with E-state index in [0.29, 0.717) is 13.0 Å². The second-order valence-electron chi connectivity index (χ2n) is 2.94. The highest BCUT2D eigenvalue weighted by Gasteiger charge is 2.13. The molecule has 0 radical (unpaired) electrons. The molecule has 1 aromatic heterocycles. The molecule has 0 aliphatic carbocycles. The average Bonchev–Trinajstić information content (AvgIpc) is 2.67. The van der Waals surface area contributed by atoms with Crippen LogP contribution in [0.2, 0.25) is 0 Å². The number of carbonyl (C=O) groups is 1. The largest absolute Gasteiger partial charge is 0.347 e. The van der Waals surface area contributed by atoms with Crippen LogP contribution in [0.15, 0.2) is 11.6 Å². The smallest absolute Gasteiger partial charge is 0.221 e. The number of nitrogens with zero attached hydrogens (tertiary/aromatic N) is 1. The van der Waals surface area contributed by atoms with E-state index < -0.39 is 0 Å². The van der Waals surface area contributed by atoms with E-state index in [1.165, 1.54) is 0 Å². The number of nitrogens with two attached hydrogens (primary N) is 1. The van der Waals surface area contributed by atoms with Crippen LogP contribution in [-0.2, 0) is 4.79 Å². The van der Waals surface area contributed by atoms with E-state index in [-0.39, 0.29) is 11.9 Å². The fourth-order valence-electron chi connectivity index (χ4n) is 1.14. The second kappa shape index (κ2) is 5.72. The molecule has 1 aromatic rings. The van der Waals surface area contributed by atoms with Gasteiger partial charge < -0.3 is 11.1 Å². The highest BCUT2D eigenvalue weighted by Crippen LogP contribution is 2.18. The van der Waals surface area contributed by atoms with Gasteiger partial charge in [0.1, 0.15) is 5.01 Å². The molecule has 0 spiro atoms. The molecule has 0 fully saturated rings. The first kappa shape index (κ1) is 11.1. The SMILES string of the molecule is CCC(NC(=O)CCN)c1nccs1. The van der Waals surface area contributed by atoms with E-state index in [1.807, 2.05) is 12.3 Å². The predicted molar refractivity (Wildman–Crippen MR) is 57.0 cm³/mol. The first-order valence-corrected chi connectivity index (χ1v) is 5.54. The van der Waals surface area contributed by atoms with Crippen molar-refractivity contribution >= 4 is 17.2 Å². The summed E-state index contributed by atoms with van der Waals surface area (Å²) in [7, 11) is 0. The summed E-state index contributed by atoms with van der Waals surface area (Å²) in [4.78, 5) is 15.5. The number of hydrogen-bond acceptors (Lipinski definition) is 4. The van der Waals surface area contributed by atoms with E-state index in [9.17, 15) is 4.79 Å². The number of amides is 1. The van der Waals surface area contributed by atoms with Crippen LogP contribution in [0.3, 0.4) is 0 Å². The summed E-state index contributed by atoms with van der Waals surface area (Å²) >= 11 is 1.56. The van der Waals surface area contributed by atoms with Gasteiger partial charge in [-0.25, -0.2) is 4.98 Å². The minimum absolute atomic E-state index is 0.00505. The number of aromatic nitrogens is 1. The predicted octanol–water partition coefficient (Wildman–Crippen LogP) is 1.06. The third-order valence-corrected chi connectivity index (χ3v) is 2.75. The zero-order chi connectivity index (χ0) is 10.4. The van der Waals surface area contributed by atoms with Crippen molar-refractivity contribution in [2.45, 2.75) is 25.8 Å². The van der Waals surface area contributed by atoms with Crippen LogP contribution < -0.4 is 11.1 Å². The van der Waals surface area contributed by atoms with Crippen LogP contribution >= 0.6 is 11.3 Å². The van der Waals surface area contributed by atoms with E-state index >= 15 is 0 Å². The Labute approximate surface area is 87.5 Å². The zero-order valence-corrected chi connectivity index (χ0v) is 9.01. The van der Waals surface area contributed by atoms with Gasteiger partial charge in [0.25, 0.3) is 0 Å². The number of carbonyl (C=O) groups excluding carboxylic acids is 1. The molecule has 5 heteroatoms. The van der Waals surface area contributed by atoms with Crippen LogP contribution in [0.5, 0.6) is 0 Å². The molecular formula is C9H15N3OS. The van der Waals surface area contributed by atoms with Gasteiger partial charge in [0.05, 0.1) is 6.04 Å². The third kappa shape index (κ3) is 3.08. The minimum atomic E-state index is -0.00505. The standard InChI is InChI=1S/C9H15N3OS/c1-2-7(9-11-5-6-14-9)12-8(13)3-4-10/h5-7H,2-4,10H2,1H3,(H,12,13). The molecule has 4 nitrogen and oxygen atoms in total. The first-order chi connectivity index (χ1) is 6.77. The van der Waals surface area contributed by atoms with Gasteiger partial charge in [-0.05, 0) is 6.42 Å². The van der Waals surface area contributed by atoms with Gasteiger partial charge in [0, 0.05) is 24.5 Å². The molecule has 1 heterocycles. The Hall–Kier alpha value is -0.940. The van der Waals surface area contributed by atoms with E-state index in [0.717, 1.165) is 11.4 Å². The average molecular weight is 213 g/mol. The molecule has 78 valence electrons. The lowest BCUT2D eigenvalue weighted by atomic mass is 10.2. The van der Waals surface area contributed by atoms with Crippen LogP contribution in [0, 0.1) is 0 Å². The lowest BCUT2D eigenvalue weighted by Crippen LogP contribution is -2.29. The molecule has 14 heavy (non-hydrogen) atoms. The fourth-order valence-corrected chi connectivity index (χ4v) is 1.92. The summed E-state index contributed by atoms with van der Waals surface area (Å²) in [5.74, 6) is -0.00505. The normalized spacial score (nSPS) is 12.4. The number of hydrogen-bond donors (Lipinski definition) is 2. The lowest BCUT2D eigenvalue weighted by Gasteiger charge is -2.13. The monoisotopic (exact) mass is 213 g/mol. The van der Waals surface area contributed by atoms with Crippen molar-refractivity contribution in [3.63, 3.8) is 0 Å². The second-order valence-corrected chi connectivity index (χ2v) is 3.86. The van der Waals surface area contributed by atoms with E-state index in [1.54, 1.807) is 17.5 Å². The Balaban J connectivity index is 2.51. The molecule has 0 aliphatic rings. The summed E-state index contributed by atoms with van der Waals surface area (Å²) in [6.07, 6.45) is 2.98. The molecule has 0 bridgehead atoms. The van der Waals surface area contributed by atoms with Gasteiger partial charge in [0.15, 0.2) is 0 Å². The maximum absolute atomic E-state index is 11.3. The van der Waals surface area contributed by atoms with Crippen molar-refractivity contribution < 1.29 is 4.79 Å². The van der Waals surface area contributed by atoms with Crippen LogP contribution in [0.4, 0.5) is 0 Å². The Morgan fingerprint density at radius 1 is 1.79 bits per heavy atom. The molecule has 1 unspecified atom stereocenters. The molecule has 1 atom stereocenters. The Bertz CT molecular complexity index is 274. The summed E-state index contributed by atoms with van der Waals surface area (Å²) in [5.41, 5.74) is 5.29. The summed E-state index contributed by atoms with van der Waals surface area (Å²) in [6.45, 7) is 2.41. The topological polar surface area (TPSA) is 68.0 Å². The van der Waals surface area contributed by atoms with Crippen molar-refractivity contribution in [2.24, 2.45) is 5.73 Å². The Kier molecular flexibility index (Phi) is 4.55. The summed E-state index contributed by atoms with van der Waals surface area (Å²) in [6, 6.07) is 0.0362. The van der Waals surface area contributed by atoms with Crippen molar-refractivity contribution in [2.75, 3.05) is 6.54 Å². The minimum Gasteiger partial charge on any atom is -0.347 e. The fraction of sp³-hybridized carbons (Fsp3) is 0.556. The zero-order valence-electron chi connectivity index (χ0n) is 8.19. The summed E-state index contributed by atoms with van der Waals surface area (Å²) < 4.78 is 0. The molecule has 0 aliphatic heterocycles. The molecular weight excluding hydrogens is 198 g/mol. The number of nitrogens with one attached hydrogen (secondary N) is 1. The van der Waals surface area contributed by atoms with E-state index in [4.69, 9.17) is 5.73 Å². The van der Waals surface area contributed by atoms with Gasteiger partial charge in [0.2, 0.25) is 5.91 Å². The lowest BCUT2D eigenvalue weighted by molar-refractivity contribution is -0.121. The van der Waals surface area contributed by atoms with Crippen molar-refractivity contribution in [1.82, 2.24) is 10.3 Å². The highest BCUT2D eigenvalue weighted by atomic mass is 32.1. The molecule has 3 N–H and O–H groups in total. The van der Waals surface area contributed by atoms with Gasteiger partial charge >= 0.3 is 0 Å². The quantitative estimate of drug-likeness (QED) is 0.768. The van der Waals surface area contributed by atoms with Gasteiger partial charge in [-0.3, -0.25) is 4.79 Å². The third-order valence-electron chi connectivity index (χ3n) is 1.86. The number of thiazole rings is 1. The maximum Gasteiger partial charge on any atom is 0.221 e. The van der Waals surface area contributed by atoms with Gasteiger partial charge in [-0.15, -0.1) is 11.3 Å². The van der Waals surface area contributed by atoms with Crippen molar-refractivity contribution in [1.29, 1.82) is 0 Å². The van der Waals surface area contributed by atoms with Crippen LogP contribution in [0.25, 0.3) is 0 Å². The Morgan fingerprint density at radius 2 is 2.57 bits per heavy atom. The Morgan fingerprint density at radius 3 is 3.07 bits per heavy atom. The maximum atomic E-state index is 11.3. The molecule has 0 saturated carbocycles. The molecule has 1 rings (SSSR count). The highest BCUT2D eigenvalue weighted by molar-refractivity contribution is 7.09. The first-order valence-electron chi connectivity index (χ1n) is 4.66. The van der Waals surface area contributed by atoms with E-state index in [2.05, 4.69) is 10.3 Å². The van der Waals surface area contributed by atoms with Crippen molar-refractivity contribution in [3.05, 3.63) is 16.6 Å². The van der Waals surface area contributed by atoms with Crippen LogP contribution in [0.1, 0.15) is 30.8 Å². The van der Waals surface area contributed by atoms with Crippen molar-refractivity contribution in [3.8, 4) is 0 Å².